The number of hydrogen-bond acceptors (Lipinski definition) is 5. The Labute approximate surface area is 128 Å². The number of hydrogen-bond donors (Lipinski definition) is 1. The smallest absolute Gasteiger partial charge is 0.181 e. The van der Waals surface area contributed by atoms with Crippen LogP contribution in [-0.2, 0) is 9.47 Å². The molecule has 3 saturated heterocycles. The molecular formula is C16H30N2O3. The highest BCUT2D eigenvalue weighted by Gasteiger charge is 2.41. The minimum Gasteiger partial charge on any atom is -0.390 e. The van der Waals surface area contributed by atoms with E-state index in [1.807, 2.05) is 0 Å². The SMILES string of the molecule is CC1CCN(CC(O)CN2CCCC3(C2)OCCO3)CC1. The molecule has 1 atom stereocenters. The molecule has 0 aromatic carbocycles. The number of rotatable bonds is 4. The number of aliphatic hydroxyl groups excluding tert-OH is 1. The summed E-state index contributed by atoms with van der Waals surface area (Å²) in [6.45, 7) is 9.40. The van der Waals surface area contributed by atoms with Crippen LogP contribution in [0.2, 0.25) is 0 Å². The van der Waals surface area contributed by atoms with Crippen LogP contribution in [0.5, 0.6) is 0 Å². The number of likely N-dealkylation sites (tertiary alicyclic amines) is 2. The number of aliphatic hydroxyl groups is 1. The van der Waals surface area contributed by atoms with E-state index in [0.717, 1.165) is 58.0 Å². The van der Waals surface area contributed by atoms with Crippen LogP contribution < -0.4 is 0 Å². The predicted octanol–water partition coefficient (Wildman–Crippen LogP) is 0.918. The standard InChI is InChI=1S/C16H30N2O3/c1-14-3-7-17(8-4-14)11-15(19)12-18-6-2-5-16(13-18)20-9-10-21-16/h14-15,19H,2-13H2,1H3. The lowest BCUT2D eigenvalue weighted by atomic mass is 9.99. The maximum atomic E-state index is 10.4. The molecule has 0 bridgehead atoms. The van der Waals surface area contributed by atoms with Gasteiger partial charge in [-0.15, -0.1) is 0 Å². The third-order valence-corrected chi connectivity index (χ3v) is 5.12. The first-order valence-corrected chi connectivity index (χ1v) is 8.56. The van der Waals surface area contributed by atoms with Crippen LogP contribution in [0.15, 0.2) is 0 Å². The van der Waals surface area contributed by atoms with Crippen molar-refractivity contribution in [3.63, 3.8) is 0 Å². The van der Waals surface area contributed by atoms with Gasteiger partial charge in [-0.25, -0.2) is 0 Å². The van der Waals surface area contributed by atoms with Crippen LogP contribution in [0.25, 0.3) is 0 Å². The van der Waals surface area contributed by atoms with E-state index in [1.165, 1.54) is 12.8 Å². The Hall–Kier alpha value is -0.200. The normalized spacial score (nSPS) is 30.0. The largest absolute Gasteiger partial charge is 0.390 e. The first-order chi connectivity index (χ1) is 10.2. The molecule has 5 nitrogen and oxygen atoms in total. The summed E-state index contributed by atoms with van der Waals surface area (Å²) in [5.41, 5.74) is 0. The molecule has 1 spiro atoms. The highest BCUT2D eigenvalue weighted by atomic mass is 16.7. The van der Waals surface area contributed by atoms with Crippen LogP contribution in [0.1, 0.15) is 32.6 Å². The third kappa shape index (κ3) is 4.17. The summed E-state index contributed by atoms with van der Waals surface area (Å²) in [6.07, 6.45) is 4.34. The number of piperidine rings is 2. The fourth-order valence-corrected chi connectivity index (χ4v) is 3.86. The van der Waals surface area contributed by atoms with Crippen molar-refractivity contribution >= 4 is 0 Å². The first kappa shape index (κ1) is 15.7. The maximum absolute atomic E-state index is 10.4. The quantitative estimate of drug-likeness (QED) is 0.836. The third-order valence-electron chi connectivity index (χ3n) is 5.12. The molecule has 21 heavy (non-hydrogen) atoms. The molecular weight excluding hydrogens is 268 g/mol. The predicted molar refractivity (Wildman–Crippen MR) is 81.2 cm³/mol. The average molecular weight is 298 g/mol. The molecule has 1 unspecified atom stereocenters. The Morgan fingerprint density at radius 1 is 1.10 bits per heavy atom. The van der Waals surface area contributed by atoms with Gasteiger partial charge in [-0.1, -0.05) is 6.92 Å². The molecule has 0 amide bonds. The zero-order valence-electron chi connectivity index (χ0n) is 13.3. The topological polar surface area (TPSA) is 45.2 Å². The van der Waals surface area contributed by atoms with Gasteiger partial charge in [0, 0.05) is 19.5 Å². The lowest BCUT2D eigenvalue weighted by Gasteiger charge is -2.40. The summed E-state index contributed by atoms with van der Waals surface area (Å²) >= 11 is 0. The van der Waals surface area contributed by atoms with Crippen LogP contribution >= 0.6 is 0 Å². The van der Waals surface area contributed by atoms with E-state index in [0.29, 0.717) is 13.2 Å². The summed E-state index contributed by atoms with van der Waals surface area (Å²) in [7, 11) is 0. The molecule has 0 saturated carbocycles. The van der Waals surface area contributed by atoms with E-state index in [4.69, 9.17) is 9.47 Å². The van der Waals surface area contributed by atoms with Crippen molar-refractivity contribution in [1.29, 1.82) is 0 Å². The summed E-state index contributed by atoms with van der Waals surface area (Å²) < 4.78 is 11.6. The van der Waals surface area contributed by atoms with Gasteiger partial charge in [0.2, 0.25) is 0 Å². The molecule has 3 rings (SSSR count). The van der Waals surface area contributed by atoms with Crippen molar-refractivity contribution in [3.05, 3.63) is 0 Å². The molecule has 3 aliphatic heterocycles. The number of nitrogens with zero attached hydrogens (tertiary/aromatic N) is 2. The van der Waals surface area contributed by atoms with Gasteiger partial charge in [0.1, 0.15) is 0 Å². The average Bonchev–Trinajstić information content (AvgIpc) is 2.89. The summed E-state index contributed by atoms with van der Waals surface area (Å²) in [5.74, 6) is 0.468. The molecule has 0 radical (unpaired) electrons. The molecule has 5 heteroatoms. The Morgan fingerprint density at radius 3 is 2.48 bits per heavy atom. The van der Waals surface area contributed by atoms with Crippen molar-refractivity contribution in [2.24, 2.45) is 5.92 Å². The number of ether oxygens (including phenoxy) is 2. The van der Waals surface area contributed by atoms with E-state index in [2.05, 4.69) is 16.7 Å². The first-order valence-electron chi connectivity index (χ1n) is 8.56. The second-order valence-corrected chi connectivity index (χ2v) is 7.08. The molecule has 0 aromatic rings. The maximum Gasteiger partial charge on any atom is 0.181 e. The van der Waals surface area contributed by atoms with Crippen molar-refractivity contribution < 1.29 is 14.6 Å². The number of β-amino-alcohol motifs (C(OH)–C–C–N with tert-alkyl or cyclic N) is 1. The molecule has 3 aliphatic rings. The van der Waals surface area contributed by atoms with Gasteiger partial charge in [-0.2, -0.15) is 0 Å². The van der Waals surface area contributed by atoms with E-state index < -0.39 is 0 Å². The molecule has 122 valence electrons. The van der Waals surface area contributed by atoms with Gasteiger partial charge in [-0.05, 0) is 44.8 Å². The Morgan fingerprint density at radius 2 is 1.76 bits per heavy atom. The Bertz CT molecular complexity index is 325. The van der Waals surface area contributed by atoms with Crippen LogP contribution in [0, 0.1) is 5.92 Å². The summed E-state index contributed by atoms with van der Waals surface area (Å²) in [5, 5.41) is 10.4. The van der Waals surface area contributed by atoms with Crippen LogP contribution in [0.3, 0.4) is 0 Å². The molecule has 3 fully saturated rings. The van der Waals surface area contributed by atoms with Gasteiger partial charge in [-0.3, -0.25) is 4.90 Å². The van der Waals surface area contributed by atoms with Crippen LogP contribution in [0.4, 0.5) is 0 Å². The Balaban J connectivity index is 1.42. The van der Waals surface area contributed by atoms with Gasteiger partial charge in [0.05, 0.1) is 25.9 Å². The van der Waals surface area contributed by atoms with Gasteiger partial charge >= 0.3 is 0 Å². The fourth-order valence-electron chi connectivity index (χ4n) is 3.86. The van der Waals surface area contributed by atoms with E-state index >= 15 is 0 Å². The highest BCUT2D eigenvalue weighted by molar-refractivity contribution is 4.85. The van der Waals surface area contributed by atoms with Crippen LogP contribution in [-0.4, -0.2) is 79.3 Å². The van der Waals surface area contributed by atoms with Crippen molar-refractivity contribution in [2.45, 2.75) is 44.5 Å². The van der Waals surface area contributed by atoms with Crippen molar-refractivity contribution in [3.8, 4) is 0 Å². The summed E-state index contributed by atoms with van der Waals surface area (Å²) in [4.78, 5) is 4.72. The zero-order valence-corrected chi connectivity index (χ0v) is 13.3. The van der Waals surface area contributed by atoms with Gasteiger partial charge in [0.15, 0.2) is 5.79 Å². The molecule has 1 N–H and O–H groups in total. The monoisotopic (exact) mass is 298 g/mol. The van der Waals surface area contributed by atoms with E-state index in [1.54, 1.807) is 0 Å². The van der Waals surface area contributed by atoms with Crippen molar-refractivity contribution in [1.82, 2.24) is 9.80 Å². The zero-order chi connectivity index (χ0) is 14.7. The van der Waals surface area contributed by atoms with Gasteiger partial charge < -0.3 is 19.5 Å². The molecule has 0 aliphatic carbocycles. The lowest BCUT2D eigenvalue weighted by molar-refractivity contribution is -0.191. The van der Waals surface area contributed by atoms with Gasteiger partial charge in [0.25, 0.3) is 0 Å². The van der Waals surface area contributed by atoms with E-state index in [-0.39, 0.29) is 11.9 Å². The molecule has 0 aromatic heterocycles. The fraction of sp³-hybridized carbons (Fsp3) is 1.00. The van der Waals surface area contributed by atoms with E-state index in [9.17, 15) is 5.11 Å². The second kappa shape index (κ2) is 6.92. The molecule has 3 heterocycles. The minimum absolute atomic E-state index is 0.269. The highest BCUT2D eigenvalue weighted by Crippen LogP contribution is 2.30. The lowest BCUT2D eigenvalue weighted by Crippen LogP contribution is -2.52. The Kier molecular flexibility index (Phi) is 5.17. The minimum atomic E-state index is -0.376. The second-order valence-electron chi connectivity index (χ2n) is 7.08. The van der Waals surface area contributed by atoms with Crippen molar-refractivity contribution in [2.75, 3.05) is 52.5 Å². The summed E-state index contributed by atoms with van der Waals surface area (Å²) in [6, 6.07) is 0.